The molecule has 1 heterocycles. The fourth-order valence-electron chi connectivity index (χ4n) is 1.84. The van der Waals surface area contributed by atoms with Crippen LogP contribution in [0, 0.1) is 0 Å². The Balaban J connectivity index is 2.18. The molecule has 2 rings (SSSR count). The Labute approximate surface area is 109 Å². The highest BCUT2D eigenvalue weighted by Crippen LogP contribution is 2.26. The Morgan fingerprint density at radius 2 is 2.12 bits per heavy atom. The molecule has 1 aliphatic heterocycles. The minimum absolute atomic E-state index is 0.0669. The van der Waals surface area contributed by atoms with E-state index in [1.54, 1.807) is 13.2 Å². The maximum absolute atomic E-state index is 12.2. The van der Waals surface area contributed by atoms with E-state index >= 15 is 0 Å². The third kappa shape index (κ3) is 2.79. The molecule has 0 bridgehead atoms. The predicted octanol–water partition coefficient (Wildman–Crippen LogP) is 1.50. The molecule has 1 aromatic carbocycles. The maximum atomic E-state index is 12.2. The van der Waals surface area contributed by atoms with Crippen LogP contribution < -0.4 is 10.1 Å². The molecule has 1 aliphatic rings. The second-order valence-electron chi connectivity index (χ2n) is 3.89. The van der Waals surface area contributed by atoms with Crippen molar-refractivity contribution in [2.75, 3.05) is 33.3 Å². The normalized spacial score (nSPS) is 15.8. The van der Waals surface area contributed by atoms with E-state index in [4.69, 9.17) is 4.74 Å². The van der Waals surface area contributed by atoms with Crippen LogP contribution in [0.4, 0.5) is 0 Å². The van der Waals surface area contributed by atoms with Crippen molar-refractivity contribution in [1.29, 1.82) is 0 Å². The first-order valence-corrected chi connectivity index (χ1v) is 6.35. The van der Waals surface area contributed by atoms with Gasteiger partial charge >= 0.3 is 0 Å². The lowest BCUT2D eigenvalue weighted by Gasteiger charge is -2.27. The third-order valence-electron chi connectivity index (χ3n) is 2.80. The number of amides is 1. The zero-order chi connectivity index (χ0) is 12.3. The van der Waals surface area contributed by atoms with Gasteiger partial charge in [0.1, 0.15) is 5.75 Å². The molecule has 1 saturated heterocycles. The summed E-state index contributed by atoms with van der Waals surface area (Å²) < 4.78 is 6.05. The van der Waals surface area contributed by atoms with Crippen LogP contribution in [0.5, 0.6) is 5.75 Å². The van der Waals surface area contributed by atoms with Gasteiger partial charge in [0.25, 0.3) is 5.91 Å². The summed E-state index contributed by atoms with van der Waals surface area (Å²) in [6.07, 6.45) is 0. The lowest BCUT2D eigenvalue weighted by atomic mass is 10.1. The number of carbonyl (C=O) groups excluding carboxylic acids is 1. The van der Waals surface area contributed by atoms with Gasteiger partial charge in [-0.2, -0.15) is 0 Å². The topological polar surface area (TPSA) is 41.6 Å². The zero-order valence-electron chi connectivity index (χ0n) is 9.70. The number of carbonyl (C=O) groups is 1. The molecule has 1 aromatic rings. The van der Waals surface area contributed by atoms with Crippen LogP contribution in [0.1, 0.15) is 10.4 Å². The highest BCUT2D eigenvalue weighted by atomic mass is 79.9. The first-order valence-electron chi connectivity index (χ1n) is 5.56. The van der Waals surface area contributed by atoms with E-state index in [0.717, 1.165) is 30.7 Å². The van der Waals surface area contributed by atoms with Crippen LogP contribution in [0.2, 0.25) is 0 Å². The van der Waals surface area contributed by atoms with Gasteiger partial charge in [0.2, 0.25) is 0 Å². The first-order chi connectivity index (χ1) is 8.22. The number of nitrogens with one attached hydrogen (secondary N) is 1. The van der Waals surface area contributed by atoms with Crippen molar-refractivity contribution >= 4 is 21.8 Å². The van der Waals surface area contributed by atoms with Crippen LogP contribution in [-0.2, 0) is 0 Å². The number of hydrogen-bond acceptors (Lipinski definition) is 3. The highest BCUT2D eigenvalue weighted by Gasteiger charge is 2.18. The molecule has 17 heavy (non-hydrogen) atoms. The molecule has 0 radical (unpaired) electrons. The Morgan fingerprint density at radius 3 is 2.76 bits per heavy atom. The SMILES string of the molecule is COc1cc(C(=O)N2CCNCC2)ccc1Br. The summed E-state index contributed by atoms with van der Waals surface area (Å²) in [7, 11) is 1.60. The lowest BCUT2D eigenvalue weighted by molar-refractivity contribution is 0.0735. The molecule has 0 unspecified atom stereocenters. The molecular formula is C12H15BrN2O2. The summed E-state index contributed by atoms with van der Waals surface area (Å²) in [6, 6.07) is 5.43. The fourth-order valence-corrected chi connectivity index (χ4v) is 2.25. The van der Waals surface area contributed by atoms with Crippen molar-refractivity contribution in [3.05, 3.63) is 28.2 Å². The van der Waals surface area contributed by atoms with Crippen LogP contribution in [-0.4, -0.2) is 44.1 Å². The molecule has 1 amide bonds. The van der Waals surface area contributed by atoms with Gasteiger partial charge in [-0.15, -0.1) is 0 Å². The minimum atomic E-state index is 0.0669. The molecule has 92 valence electrons. The smallest absolute Gasteiger partial charge is 0.254 e. The van der Waals surface area contributed by atoms with Gasteiger partial charge in [-0.25, -0.2) is 0 Å². The van der Waals surface area contributed by atoms with Gasteiger partial charge < -0.3 is 15.0 Å². The van der Waals surface area contributed by atoms with Gasteiger partial charge in [-0.05, 0) is 34.1 Å². The molecule has 1 fully saturated rings. The largest absolute Gasteiger partial charge is 0.496 e. The van der Waals surface area contributed by atoms with Crippen molar-refractivity contribution in [1.82, 2.24) is 10.2 Å². The van der Waals surface area contributed by atoms with Crippen molar-refractivity contribution in [3.63, 3.8) is 0 Å². The Kier molecular flexibility index (Phi) is 4.02. The van der Waals surface area contributed by atoms with E-state index in [2.05, 4.69) is 21.2 Å². The monoisotopic (exact) mass is 298 g/mol. The van der Waals surface area contributed by atoms with Crippen molar-refractivity contribution in [2.45, 2.75) is 0 Å². The van der Waals surface area contributed by atoms with E-state index in [1.165, 1.54) is 0 Å². The van der Waals surface area contributed by atoms with E-state index in [-0.39, 0.29) is 5.91 Å². The molecular weight excluding hydrogens is 284 g/mol. The average Bonchev–Trinajstić information content (AvgIpc) is 2.39. The molecule has 5 heteroatoms. The second kappa shape index (κ2) is 5.51. The number of ether oxygens (including phenoxy) is 1. The summed E-state index contributed by atoms with van der Waals surface area (Å²) in [5, 5.41) is 3.23. The maximum Gasteiger partial charge on any atom is 0.254 e. The van der Waals surface area contributed by atoms with Gasteiger partial charge in [0.15, 0.2) is 0 Å². The Morgan fingerprint density at radius 1 is 1.41 bits per heavy atom. The zero-order valence-corrected chi connectivity index (χ0v) is 11.3. The van der Waals surface area contributed by atoms with Gasteiger partial charge in [0, 0.05) is 31.7 Å². The number of rotatable bonds is 2. The van der Waals surface area contributed by atoms with Crippen molar-refractivity contribution in [2.24, 2.45) is 0 Å². The number of piperazine rings is 1. The quantitative estimate of drug-likeness (QED) is 0.900. The predicted molar refractivity (Wildman–Crippen MR) is 69.5 cm³/mol. The Bertz CT molecular complexity index is 417. The number of methoxy groups -OCH3 is 1. The van der Waals surface area contributed by atoms with Gasteiger partial charge in [-0.3, -0.25) is 4.79 Å². The van der Waals surface area contributed by atoms with Gasteiger partial charge in [-0.1, -0.05) is 0 Å². The third-order valence-corrected chi connectivity index (χ3v) is 3.46. The van der Waals surface area contributed by atoms with E-state index in [0.29, 0.717) is 11.3 Å². The number of benzene rings is 1. The molecule has 0 saturated carbocycles. The van der Waals surface area contributed by atoms with E-state index < -0.39 is 0 Å². The molecule has 0 aliphatic carbocycles. The van der Waals surface area contributed by atoms with Crippen LogP contribution >= 0.6 is 15.9 Å². The second-order valence-corrected chi connectivity index (χ2v) is 4.75. The summed E-state index contributed by atoms with van der Waals surface area (Å²) in [5.74, 6) is 0.753. The van der Waals surface area contributed by atoms with Gasteiger partial charge in [0.05, 0.1) is 11.6 Å². The summed E-state index contributed by atoms with van der Waals surface area (Å²) in [5.41, 5.74) is 0.673. The van der Waals surface area contributed by atoms with E-state index in [9.17, 15) is 4.79 Å². The van der Waals surface area contributed by atoms with Crippen molar-refractivity contribution in [3.8, 4) is 5.75 Å². The van der Waals surface area contributed by atoms with Crippen LogP contribution in [0.3, 0.4) is 0 Å². The minimum Gasteiger partial charge on any atom is -0.496 e. The fraction of sp³-hybridized carbons (Fsp3) is 0.417. The Hall–Kier alpha value is -1.07. The number of nitrogens with zero attached hydrogens (tertiary/aromatic N) is 1. The molecule has 0 atom stereocenters. The van der Waals surface area contributed by atoms with Crippen LogP contribution in [0.15, 0.2) is 22.7 Å². The molecule has 0 aromatic heterocycles. The highest BCUT2D eigenvalue weighted by molar-refractivity contribution is 9.10. The first kappa shape index (κ1) is 12.4. The van der Waals surface area contributed by atoms with Crippen molar-refractivity contribution < 1.29 is 9.53 Å². The van der Waals surface area contributed by atoms with Crippen LogP contribution in [0.25, 0.3) is 0 Å². The summed E-state index contributed by atoms with van der Waals surface area (Å²) >= 11 is 3.38. The number of halogens is 1. The lowest BCUT2D eigenvalue weighted by Crippen LogP contribution is -2.46. The van der Waals surface area contributed by atoms with E-state index in [1.807, 2.05) is 17.0 Å². The average molecular weight is 299 g/mol. The summed E-state index contributed by atoms with van der Waals surface area (Å²) in [6.45, 7) is 3.24. The number of hydrogen-bond donors (Lipinski definition) is 1. The standard InChI is InChI=1S/C12H15BrN2O2/c1-17-11-8-9(2-3-10(11)13)12(16)15-6-4-14-5-7-15/h2-3,8,14H,4-7H2,1H3. The summed E-state index contributed by atoms with van der Waals surface area (Å²) in [4.78, 5) is 14.1. The molecule has 1 N–H and O–H groups in total. The molecule has 0 spiro atoms. The molecule has 4 nitrogen and oxygen atoms in total.